The standard InChI is InChI=1S/C11H18O4/c1-5-9(11(13)15-7-3)8(4)10(12)14-6-2/h9H,4-7H2,1-3H3. The van der Waals surface area contributed by atoms with Crippen LogP contribution in [0, 0.1) is 5.92 Å². The molecule has 0 aliphatic rings. The molecule has 0 fully saturated rings. The molecule has 0 rings (SSSR count). The predicted octanol–water partition coefficient (Wildman–Crippen LogP) is 1.70. The Balaban J connectivity index is 4.46. The van der Waals surface area contributed by atoms with Crippen molar-refractivity contribution in [1.82, 2.24) is 0 Å². The quantitative estimate of drug-likeness (QED) is 0.498. The Hall–Kier alpha value is -1.32. The summed E-state index contributed by atoms with van der Waals surface area (Å²) in [5.41, 5.74) is 0.165. The topological polar surface area (TPSA) is 52.6 Å². The van der Waals surface area contributed by atoms with Crippen LogP contribution in [0.4, 0.5) is 0 Å². The summed E-state index contributed by atoms with van der Waals surface area (Å²) in [6.45, 7) is 9.37. The second kappa shape index (κ2) is 7.04. The molecule has 0 spiro atoms. The van der Waals surface area contributed by atoms with Crippen molar-refractivity contribution in [3.05, 3.63) is 12.2 Å². The van der Waals surface area contributed by atoms with Gasteiger partial charge in [-0.15, -0.1) is 0 Å². The van der Waals surface area contributed by atoms with E-state index >= 15 is 0 Å². The number of carbonyl (C=O) groups excluding carboxylic acids is 2. The summed E-state index contributed by atoms with van der Waals surface area (Å²) in [4.78, 5) is 22.8. The Kier molecular flexibility index (Phi) is 6.42. The number of hydrogen-bond acceptors (Lipinski definition) is 4. The fourth-order valence-corrected chi connectivity index (χ4v) is 1.16. The normalized spacial score (nSPS) is 11.7. The first-order valence-electron chi connectivity index (χ1n) is 5.10. The van der Waals surface area contributed by atoms with E-state index in [1.54, 1.807) is 20.8 Å². The van der Waals surface area contributed by atoms with Crippen LogP contribution in [0.25, 0.3) is 0 Å². The minimum absolute atomic E-state index is 0.165. The van der Waals surface area contributed by atoms with Crippen LogP contribution in [-0.2, 0) is 19.1 Å². The first kappa shape index (κ1) is 13.7. The second-order valence-corrected chi connectivity index (χ2v) is 2.96. The van der Waals surface area contributed by atoms with E-state index in [1.165, 1.54) is 0 Å². The first-order valence-corrected chi connectivity index (χ1v) is 5.10. The minimum atomic E-state index is -0.594. The minimum Gasteiger partial charge on any atom is -0.466 e. The second-order valence-electron chi connectivity index (χ2n) is 2.96. The summed E-state index contributed by atoms with van der Waals surface area (Å²) in [6, 6.07) is 0. The third-order valence-corrected chi connectivity index (χ3v) is 1.94. The molecule has 0 bridgehead atoms. The molecule has 4 nitrogen and oxygen atoms in total. The molecule has 4 heteroatoms. The van der Waals surface area contributed by atoms with Crippen molar-refractivity contribution in [1.29, 1.82) is 0 Å². The Morgan fingerprint density at radius 1 is 1.13 bits per heavy atom. The smallest absolute Gasteiger partial charge is 0.334 e. The largest absolute Gasteiger partial charge is 0.466 e. The first-order chi connectivity index (χ1) is 7.08. The van der Waals surface area contributed by atoms with Crippen molar-refractivity contribution >= 4 is 11.9 Å². The van der Waals surface area contributed by atoms with E-state index in [1.807, 2.05) is 0 Å². The van der Waals surface area contributed by atoms with Crippen LogP contribution in [0.5, 0.6) is 0 Å². The van der Waals surface area contributed by atoms with E-state index < -0.39 is 17.9 Å². The average Bonchev–Trinajstić information content (AvgIpc) is 2.19. The molecule has 86 valence electrons. The summed E-state index contributed by atoms with van der Waals surface area (Å²) in [6.07, 6.45) is 0.483. The van der Waals surface area contributed by atoms with Gasteiger partial charge in [0.2, 0.25) is 0 Å². The average molecular weight is 214 g/mol. The number of hydrogen-bond donors (Lipinski definition) is 0. The van der Waals surface area contributed by atoms with Gasteiger partial charge in [-0.2, -0.15) is 0 Å². The fourth-order valence-electron chi connectivity index (χ4n) is 1.16. The van der Waals surface area contributed by atoms with Gasteiger partial charge in [0.1, 0.15) is 0 Å². The molecule has 0 N–H and O–H groups in total. The highest BCUT2D eigenvalue weighted by Gasteiger charge is 2.26. The predicted molar refractivity (Wildman–Crippen MR) is 56.2 cm³/mol. The van der Waals surface area contributed by atoms with Gasteiger partial charge in [0.15, 0.2) is 0 Å². The molecule has 0 aromatic carbocycles. The molecular formula is C11H18O4. The zero-order valence-corrected chi connectivity index (χ0v) is 9.54. The van der Waals surface area contributed by atoms with E-state index in [0.717, 1.165) is 0 Å². The van der Waals surface area contributed by atoms with Gasteiger partial charge in [0.05, 0.1) is 19.1 Å². The van der Waals surface area contributed by atoms with Gasteiger partial charge in [-0.3, -0.25) is 4.79 Å². The highest BCUT2D eigenvalue weighted by atomic mass is 16.5. The summed E-state index contributed by atoms with van der Waals surface area (Å²) in [7, 11) is 0. The number of carbonyl (C=O) groups is 2. The van der Waals surface area contributed by atoms with Gasteiger partial charge >= 0.3 is 11.9 Å². The van der Waals surface area contributed by atoms with Gasteiger partial charge < -0.3 is 9.47 Å². The number of esters is 2. The lowest BCUT2D eigenvalue weighted by atomic mass is 9.98. The van der Waals surface area contributed by atoms with E-state index in [9.17, 15) is 9.59 Å². The lowest BCUT2D eigenvalue weighted by Gasteiger charge is -2.14. The monoisotopic (exact) mass is 214 g/mol. The van der Waals surface area contributed by atoms with Crippen molar-refractivity contribution in [2.75, 3.05) is 13.2 Å². The van der Waals surface area contributed by atoms with Gasteiger partial charge in [0.25, 0.3) is 0 Å². The van der Waals surface area contributed by atoms with Gasteiger partial charge in [-0.1, -0.05) is 13.5 Å². The Bertz CT molecular complexity index is 245. The Morgan fingerprint density at radius 2 is 1.67 bits per heavy atom. The lowest BCUT2D eigenvalue weighted by molar-refractivity contribution is -0.150. The van der Waals surface area contributed by atoms with Gasteiger partial charge in [-0.05, 0) is 20.3 Å². The Labute approximate surface area is 90.2 Å². The maximum Gasteiger partial charge on any atom is 0.334 e. The Morgan fingerprint density at radius 3 is 2.07 bits per heavy atom. The molecule has 0 radical (unpaired) electrons. The van der Waals surface area contributed by atoms with Crippen molar-refractivity contribution in [3.63, 3.8) is 0 Å². The molecule has 0 aliphatic carbocycles. The third-order valence-electron chi connectivity index (χ3n) is 1.94. The molecule has 0 heterocycles. The lowest BCUT2D eigenvalue weighted by Crippen LogP contribution is -2.24. The van der Waals surface area contributed by atoms with Crippen molar-refractivity contribution < 1.29 is 19.1 Å². The van der Waals surface area contributed by atoms with E-state index in [0.29, 0.717) is 13.0 Å². The zero-order valence-electron chi connectivity index (χ0n) is 9.54. The van der Waals surface area contributed by atoms with Gasteiger partial charge in [-0.25, -0.2) is 4.79 Å². The highest BCUT2D eigenvalue weighted by Crippen LogP contribution is 2.16. The van der Waals surface area contributed by atoms with Crippen molar-refractivity contribution in [2.24, 2.45) is 5.92 Å². The summed E-state index contributed by atoms with van der Waals surface area (Å²) >= 11 is 0. The van der Waals surface area contributed by atoms with E-state index in [4.69, 9.17) is 9.47 Å². The van der Waals surface area contributed by atoms with Crippen LogP contribution < -0.4 is 0 Å². The summed E-state index contributed by atoms with van der Waals surface area (Å²) in [5.74, 6) is -1.54. The van der Waals surface area contributed by atoms with Crippen LogP contribution in [0.15, 0.2) is 12.2 Å². The van der Waals surface area contributed by atoms with Crippen molar-refractivity contribution in [3.8, 4) is 0 Å². The molecule has 0 aromatic heterocycles. The molecular weight excluding hydrogens is 196 g/mol. The molecule has 0 saturated carbocycles. The number of rotatable bonds is 6. The molecule has 0 aromatic rings. The molecule has 1 atom stereocenters. The highest BCUT2D eigenvalue weighted by molar-refractivity contribution is 5.94. The number of ether oxygens (including phenoxy) is 2. The zero-order chi connectivity index (χ0) is 11.8. The molecule has 15 heavy (non-hydrogen) atoms. The molecule has 1 unspecified atom stereocenters. The van der Waals surface area contributed by atoms with Gasteiger partial charge in [0, 0.05) is 5.57 Å². The summed E-state index contributed by atoms with van der Waals surface area (Å²) in [5, 5.41) is 0. The van der Waals surface area contributed by atoms with Crippen LogP contribution in [0.3, 0.4) is 0 Å². The molecule has 0 aliphatic heterocycles. The van der Waals surface area contributed by atoms with Crippen molar-refractivity contribution in [2.45, 2.75) is 27.2 Å². The maximum atomic E-state index is 11.4. The van der Waals surface area contributed by atoms with Crippen LogP contribution in [-0.4, -0.2) is 25.2 Å². The SMILES string of the molecule is C=C(C(=O)OCC)C(CC)C(=O)OCC. The van der Waals surface area contributed by atoms with Crippen LogP contribution in [0.2, 0.25) is 0 Å². The fraction of sp³-hybridized carbons (Fsp3) is 0.636. The van der Waals surface area contributed by atoms with E-state index in [-0.39, 0.29) is 12.2 Å². The molecule has 0 amide bonds. The third kappa shape index (κ3) is 4.14. The van der Waals surface area contributed by atoms with Crippen LogP contribution >= 0.6 is 0 Å². The maximum absolute atomic E-state index is 11.4. The van der Waals surface area contributed by atoms with Crippen LogP contribution in [0.1, 0.15) is 27.2 Å². The summed E-state index contributed by atoms with van der Waals surface area (Å²) < 4.78 is 9.61. The van der Waals surface area contributed by atoms with E-state index in [2.05, 4.69) is 6.58 Å². The molecule has 0 saturated heterocycles.